The van der Waals surface area contributed by atoms with Crippen molar-refractivity contribution in [2.45, 2.75) is 6.42 Å². The number of aliphatic hydroxyl groups is 1. The average molecular weight is 183 g/mol. The van der Waals surface area contributed by atoms with Gasteiger partial charge in [-0.05, 0) is 30.5 Å². The third-order valence-corrected chi connectivity index (χ3v) is 2.06. The van der Waals surface area contributed by atoms with Gasteiger partial charge in [0.05, 0.1) is 0 Å². The summed E-state index contributed by atoms with van der Waals surface area (Å²) in [6.45, 7) is 0.385. The molecule has 0 spiro atoms. The highest BCUT2D eigenvalue weighted by molar-refractivity contribution is 5.17. The van der Waals surface area contributed by atoms with E-state index in [4.69, 9.17) is 10.8 Å². The van der Waals surface area contributed by atoms with Crippen molar-refractivity contribution in [1.82, 2.24) is 0 Å². The second-order valence-corrected chi connectivity index (χ2v) is 3.08. The lowest BCUT2D eigenvalue weighted by atomic mass is 10.00. The maximum absolute atomic E-state index is 13.1. The Hall–Kier alpha value is -0.930. The van der Waals surface area contributed by atoms with Crippen LogP contribution in [0.3, 0.4) is 0 Å². The molecule has 0 aliphatic rings. The highest BCUT2D eigenvalue weighted by Gasteiger charge is 2.08. The van der Waals surface area contributed by atoms with E-state index in [0.29, 0.717) is 18.5 Å². The van der Waals surface area contributed by atoms with Crippen molar-refractivity contribution in [3.05, 3.63) is 35.6 Å². The number of aliphatic hydroxyl groups excluding tert-OH is 1. The molecule has 1 rings (SSSR count). The number of nitrogens with two attached hydrogens (primary N) is 1. The van der Waals surface area contributed by atoms with Gasteiger partial charge in [0.2, 0.25) is 0 Å². The molecular formula is C10H14FNO. The first kappa shape index (κ1) is 10.2. The molecule has 1 atom stereocenters. The summed E-state index contributed by atoms with van der Waals surface area (Å²) in [5.74, 6) is -0.272. The molecule has 3 N–H and O–H groups in total. The van der Waals surface area contributed by atoms with Gasteiger partial charge in [-0.1, -0.05) is 18.2 Å². The fourth-order valence-corrected chi connectivity index (χ4v) is 1.20. The van der Waals surface area contributed by atoms with Crippen LogP contribution in [0.15, 0.2) is 24.3 Å². The molecule has 0 bridgehead atoms. The maximum Gasteiger partial charge on any atom is 0.126 e. The third kappa shape index (κ3) is 2.79. The molecule has 3 heteroatoms. The molecule has 0 fully saturated rings. The lowest BCUT2D eigenvalue weighted by Gasteiger charge is -2.11. The van der Waals surface area contributed by atoms with Crippen molar-refractivity contribution in [2.75, 3.05) is 13.2 Å². The fraction of sp³-hybridized carbons (Fsp3) is 0.400. The van der Waals surface area contributed by atoms with Crippen LogP contribution < -0.4 is 5.73 Å². The minimum absolute atomic E-state index is 0.00480. The molecule has 72 valence electrons. The first-order valence-electron chi connectivity index (χ1n) is 4.32. The van der Waals surface area contributed by atoms with Crippen molar-refractivity contribution in [3.63, 3.8) is 0 Å². The van der Waals surface area contributed by atoms with E-state index in [1.807, 2.05) is 0 Å². The maximum atomic E-state index is 13.1. The van der Waals surface area contributed by atoms with Crippen LogP contribution in [0.25, 0.3) is 0 Å². The molecule has 0 amide bonds. The van der Waals surface area contributed by atoms with Crippen molar-refractivity contribution in [2.24, 2.45) is 11.7 Å². The van der Waals surface area contributed by atoms with E-state index in [2.05, 4.69) is 0 Å². The van der Waals surface area contributed by atoms with E-state index in [-0.39, 0.29) is 18.3 Å². The first-order chi connectivity index (χ1) is 6.27. The Bertz CT molecular complexity index is 261. The zero-order valence-electron chi connectivity index (χ0n) is 7.41. The minimum Gasteiger partial charge on any atom is -0.396 e. The molecule has 2 nitrogen and oxygen atoms in total. The van der Waals surface area contributed by atoms with E-state index in [0.717, 1.165) is 0 Å². The molecular weight excluding hydrogens is 169 g/mol. The Morgan fingerprint density at radius 1 is 1.38 bits per heavy atom. The van der Waals surface area contributed by atoms with Crippen LogP contribution in [0, 0.1) is 11.7 Å². The quantitative estimate of drug-likeness (QED) is 0.729. The topological polar surface area (TPSA) is 46.2 Å². The minimum atomic E-state index is -0.227. The molecule has 0 saturated carbocycles. The van der Waals surface area contributed by atoms with Crippen LogP contribution in [0.4, 0.5) is 4.39 Å². The van der Waals surface area contributed by atoms with Crippen LogP contribution in [0.2, 0.25) is 0 Å². The monoisotopic (exact) mass is 183 g/mol. The lowest BCUT2D eigenvalue weighted by Crippen LogP contribution is -2.20. The number of hydrogen-bond donors (Lipinski definition) is 2. The van der Waals surface area contributed by atoms with Gasteiger partial charge in [0, 0.05) is 6.61 Å². The zero-order chi connectivity index (χ0) is 9.68. The molecule has 0 unspecified atom stereocenters. The van der Waals surface area contributed by atoms with Crippen molar-refractivity contribution >= 4 is 0 Å². The van der Waals surface area contributed by atoms with Crippen LogP contribution in [-0.2, 0) is 6.42 Å². The summed E-state index contributed by atoms with van der Waals surface area (Å²) in [7, 11) is 0. The van der Waals surface area contributed by atoms with Gasteiger partial charge in [0.15, 0.2) is 0 Å². The van der Waals surface area contributed by atoms with E-state index in [9.17, 15) is 4.39 Å². The molecule has 0 aromatic heterocycles. The summed E-state index contributed by atoms with van der Waals surface area (Å²) in [6, 6.07) is 6.56. The summed E-state index contributed by atoms with van der Waals surface area (Å²) in [5, 5.41) is 8.88. The Balaban J connectivity index is 2.67. The fourth-order valence-electron chi connectivity index (χ4n) is 1.20. The number of hydrogen-bond acceptors (Lipinski definition) is 2. The standard InChI is InChI=1S/C10H14FNO/c11-10-4-2-1-3-9(10)5-8(6-12)7-13/h1-4,8,13H,5-7,12H2/t8-/m0/s1. The number of benzene rings is 1. The summed E-state index contributed by atoms with van der Waals surface area (Å²) in [4.78, 5) is 0. The second kappa shape index (κ2) is 4.94. The molecule has 1 aromatic carbocycles. The van der Waals surface area contributed by atoms with E-state index >= 15 is 0 Å². The summed E-state index contributed by atoms with van der Waals surface area (Å²) >= 11 is 0. The largest absolute Gasteiger partial charge is 0.396 e. The molecule has 1 aromatic rings. The van der Waals surface area contributed by atoms with Crippen molar-refractivity contribution in [1.29, 1.82) is 0 Å². The van der Waals surface area contributed by atoms with Gasteiger partial charge in [-0.25, -0.2) is 4.39 Å². The van der Waals surface area contributed by atoms with Gasteiger partial charge < -0.3 is 10.8 Å². The molecule has 13 heavy (non-hydrogen) atoms. The Labute approximate surface area is 77.2 Å². The predicted molar refractivity (Wildman–Crippen MR) is 49.7 cm³/mol. The second-order valence-electron chi connectivity index (χ2n) is 3.08. The normalized spacial score (nSPS) is 12.8. The average Bonchev–Trinajstić information content (AvgIpc) is 2.17. The van der Waals surface area contributed by atoms with Gasteiger partial charge in [-0.3, -0.25) is 0 Å². The number of rotatable bonds is 4. The van der Waals surface area contributed by atoms with Gasteiger partial charge in [-0.15, -0.1) is 0 Å². The smallest absolute Gasteiger partial charge is 0.126 e. The zero-order valence-corrected chi connectivity index (χ0v) is 7.41. The van der Waals surface area contributed by atoms with Crippen LogP contribution in [-0.4, -0.2) is 18.3 Å². The first-order valence-corrected chi connectivity index (χ1v) is 4.32. The lowest BCUT2D eigenvalue weighted by molar-refractivity contribution is 0.229. The Morgan fingerprint density at radius 3 is 2.62 bits per heavy atom. The van der Waals surface area contributed by atoms with Gasteiger partial charge in [0.1, 0.15) is 5.82 Å². The highest BCUT2D eigenvalue weighted by atomic mass is 19.1. The summed E-state index contributed by atoms with van der Waals surface area (Å²) in [6.07, 6.45) is 0.500. The van der Waals surface area contributed by atoms with Gasteiger partial charge in [-0.2, -0.15) is 0 Å². The Kier molecular flexibility index (Phi) is 3.86. The highest BCUT2D eigenvalue weighted by Crippen LogP contribution is 2.11. The SMILES string of the molecule is NC[C@@H](CO)Cc1ccccc1F. The molecule has 0 aliphatic carbocycles. The van der Waals surface area contributed by atoms with Crippen molar-refractivity contribution in [3.8, 4) is 0 Å². The molecule has 0 aliphatic heterocycles. The van der Waals surface area contributed by atoms with E-state index in [1.54, 1.807) is 18.2 Å². The van der Waals surface area contributed by atoms with E-state index < -0.39 is 0 Å². The predicted octanol–water partition coefficient (Wildman–Crippen LogP) is 0.935. The molecule has 0 heterocycles. The van der Waals surface area contributed by atoms with Crippen molar-refractivity contribution < 1.29 is 9.50 Å². The van der Waals surface area contributed by atoms with Crippen LogP contribution >= 0.6 is 0 Å². The molecule has 0 radical (unpaired) electrons. The molecule has 0 saturated heterocycles. The van der Waals surface area contributed by atoms with Crippen LogP contribution in [0.5, 0.6) is 0 Å². The summed E-state index contributed by atoms with van der Waals surface area (Å²) < 4.78 is 13.1. The van der Waals surface area contributed by atoms with Gasteiger partial charge >= 0.3 is 0 Å². The van der Waals surface area contributed by atoms with Crippen LogP contribution in [0.1, 0.15) is 5.56 Å². The summed E-state index contributed by atoms with van der Waals surface area (Å²) in [5.41, 5.74) is 6.02. The Morgan fingerprint density at radius 2 is 2.08 bits per heavy atom. The third-order valence-electron chi connectivity index (χ3n) is 2.06. The number of halogens is 1. The van der Waals surface area contributed by atoms with E-state index in [1.165, 1.54) is 6.07 Å². The van der Waals surface area contributed by atoms with Gasteiger partial charge in [0.25, 0.3) is 0 Å².